The molecule has 0 aliphatic carbocycles. The summed E-state index contributed by atoms with van der Waals surface area (Å²) in [7, 11) is 1.76. The fraction of sp³-hybridized carbons (Fsp3) is 0.217. The molecule has 0 aliphatic rings. The van der Waals surface area contributed by atoms with Gasteiger partial charge in [-0.05, 0) is 35.4 Å². The van der Waals surface area contributed by atoms with Gasteiger partial charge in [-0.25, -0.2) is 0 Å². The fourth-order valence-electron chi connectivity index (χ4n) is 3.35. The van der Waals surface area contributed by atoms with Crippen LogP contribution in [0.4, 0.5) is 0 Å². The van der Waals surface area contributed by atoms with Gasteiger partial charge in [0.1, 0.15) is 5.69 Å². The maximum atomic E-state index is 5.30. The fourth-order valence-corrected chi connectivity index (χ4v) is 3.35. The average molecular weight is 400 g/mol. The molecule has 2 N–H and O–H groups in total. The molecule has 0 amide bonds. The second-order valence-electron chi connectivity index (χ2n) is 6.91. The van der Waals surface area contributed by atoms with E-state index in [9.17, 15) is 0 Å². The smallest absolute Gasteiger partial charge is 0.276 e. The first-order valence-corrected chi connectivity index (χ1v) is 9.93. The molecule has 4 rings (SSSR count). The van der Waals surface area contributed by atoms with E-state index in [4.69, 9.17) is 4.52 Å². The summed E-state index contributed by atoms with van der Waals surface area (Å²) in [6.45, 7) is 2.76. The molecule has 152 valence electrons. The Kier molecular flexibility index (Phi) is 5.98. The summed E-state index contributed by atoms with van der Waals surface area (Å²) in [4.78, 5) is 13.0. The molecule has 0 saturated carbocycles. The summed E-state index contributed by atoms with van der Waals surface area (Å²) in [5.74, 6) is 1.78. The minimum absolute atomic E-state index is 0.100. The largest absolute Gasteiger partial charge is 0.356 e. The van der Waals surface area contributed by atoms with E-state index in [0.29, 0.717) is 30.4 Å². The van der Waals surface area contributed by atoms with Crippen LogP contribution in [0.25, 0.3) is 22.4 Å². The molecule has 1 atom stereocenters. The third-order valence-corrected chi connectivity index (χ3v) is 4.86. The van der Waals surface area contributed by atoms with E-state index in [2.05, 4.69) is 80.1 Å². The molecule has 0 radical (unpaired) electrons. The van der Waals surface area contributed by atoms with Crippen LogP contribution in [0.5, 0.6) is 0 Å². The predicted molar refractivity (Wildman–Crippen MR) is 118 cm³/mol. The first kappa shape index (κ1) is 19.6. The van der Waals surface area contributed by atoms with E-state index in [-0.39, 0.29) is 6.04 Å². The first-order valence-electron chi connectivity index (χ1n) is 9.93. The van der Waals surface area contributed by atoms with Crippen LogP contribution in [-0.4, -0.2) is 34.7 Å². The molecule has 0 spiro atoms. The van der Waals surface area contributed by atoms with Crippen molar-refractivity contribution >= 4 is 16.7 Å². The van der Waals surface area contributed by atoms with E-state index < -0.39 is 0 Å². The number of rotatable bonds is 6. The molecular formula is C23H24N6O. The summed E-state index contributed by atoms with van der Waals surface area (Å²) in [5.41, 5.74) is 1.90. The highest BCUT2D eigenvalue weighted by molar-refractivity contribution is 5.87. The number of hydrogen-bond donors (Lipinski definition) is 2. The van der Waals surface area contributed by atoms with E-state index >= 15 is 0 Å². The Morgan fingerprint density at radius 2 is 1.90 bits per heavy atom. The van der Waals surface area contributed by atoms with Crippen molar-refractivity contribution in [2.24, 2.45) is 4.99 Å². The zero-order valence-corrected chi connectivity index (χ0v) is 17.0. The van der Waals surface area contributed by atoms with Crippen LogP contribution < -0.4 is 10.6 Å². The lowest BCUT2D eigenvalue weighted by molar-refractivity contribution is 0.421. The summed E-state index contributed by atoms with van der Waals surface area (Å²) in [5, 5.41) is 13.3. The van der Waals surface area contributed by atoms with Crippen molar-refractivity contribution in [1.29, 1.82) is 0 Å². The zero-order chi connectivity index (χ0) is 20.8. The standard InChI is InChI=1S/C23H24N6O/c1-16(18-11-7-9-17-8-3-4-10-19(17)18)27-23(24-2)26-15-13-21-28-22(30-29-21)20-12-5-6-14-25-20/h3-12,14,16H,13,15H2,1-2H3,(H2,24,26,27). The number of fused-ring (bicyclic) bond motifs is 1. The van der Waals surface area contributed by atoms with Crippen LogP contribution in [0.15, 0.2) is 76.4 Å². The normalized spacial score (nSPS) is 12.7. The highest BCUT2D eigenvalue weighted by atomic mass is 16.5. The topological polar surface area (TPSA) is 88.2 Å². The van der Waals surface area contributed by atoms with E-state index in [1.54, 1.807) is 13.2 Å². The lowest BCUT2D eigenvalue weighted by Crippen LogP contribution is -2.39. The van der Waals surface area contributed by atoms with Crippen LogP contribution in [0.3, 0.4) is 0 Å². The quantitative estimate of drug-likeness (QED) is 0.379. The van der Waals surface area contributed by atoms with Gasteiger partial charge in [-0.1, -0.05) is 53.7 Å². The Hall–Kier alpha value is -3.74. The van der Waals surface area contributed by atoms with Crippen molar-refractivity contribution in [2.45, 2.75) is 19.4 Å². The van der Waals surface area contributed by atoms with Crippen molar-refractivity contribution in [1.82, 2.24) is 25.8 Å². The van der Waals surface area contributed by atoms with Crippen LogP contribution in [-0.2, 0) is 6.42 Å². The highest BCUT2D eigenvalue weighted by Gasteiger charge is 2.12. The molecule has 7 heteroatoms. The molecule has 2 heterocycles. The molecule has 7 nitrogen and oxygen atoms in total. The van der Waals surface area contributed by atoms with Crippen LogP contribution in [0.2, 0.25) is 0 Å². The molecule has 2 aromatic carbocycles. The minimum Gasteiger partial charge on any atom is -0.356 e. The Morgan fingerprint density at radius 1 is 1.07 bits per heavy atom. The van der Waals surface area contributed by atoms with Crippen molar-refractivity contribution < 1.29 is 4.52 Å². The first-order chi connectivity index (χ1) is 14.7. The summed E-state index contributed by atoms with van der Waals surface area (Å²) >= 11 is 0. The number of aromatic nitrogens is 3. The lowest BCUT2D eigenvalue weighted by atomic mass is 10.00. The Labute approximate surface area is 175 Å². The Morgan fingerprint density at radius 3 is 2.73 bits per heavy atom. The molecule has 1 unspecified atom stereocenters. The van der Waals surface area contributed by atoms with E-state index in [0.717, 1.165) is 5.96 Å². The van der Waals surface area contributed by atoms with Crippen molar-refractivity contribution in [2.75, 3.05) is 13.6 Å². The van der Waals surface area contributed by atoms with Gasteiger partial charge in [0, 0.05) is 26.2 Å². The number of pyridine rings is 1. The SMILES string of the molecule is CN=C(NCCc1noc(-c2ccccn2)n1)NC(C)c1cccc2ccccc12. The van der Waals surface area contributed by atoms with Gasteiger partial charge in [-0.15, -0.1) is 0 Å². The summed E-state index contributed by atoms with van der Waals surface area (Å²) in [6, 6.07) is 20.4. The third-order valence-electron chi connectivity index (χ3n) is 4.86. The maximum absolute atomic E-state index is 5.30. The Balaban J connectivity index is 1.35. The number of aliphatic imine (C=N–C) groups is 1. The molecule has 0 fully saturated rings. The third kappa shape index (κ3) is 4.46. The highest BCUT2D eigenvalue weighted by Crippen LogP contribution is 2.23. The van der Waals surface area contributed by atoms with E-state index in [1.165, 1.54) is 16.3 Å². The van der Waals surface area contributed by atoms with Gasteiger partial charge in [0.05, 0.1) is 6.04 Å². The van der Waals surface area contributed by atoms with Gasteiger partial charge in [0.25, 0.3) is 5.89 Å². The molecule has 0 aliphatic heterocycles. The number of hydrogen-bond acceptors (Lipinski definition) is 5. The van der Waals surface area contributed by atoms with Crippen LogP contribution >= 0.6 is 0 Å². The van der Waals surface area contributed by atoms with Crippen LogP contribution in [0.1, 0.15) is 24.4 Å². The zero-order valence-electron chi connectivity index (χ0n) is 17.0. The Bertz CT molecular complexity index is 1130. The van der Waals surface area contributed by atoms with Crippen molar-refractivity contribution in [3.63, 3.8) is 0 Å². The number of guanidine groups is 1. The van der Waals surface area contributed by atoms with Crippen molar-refractivity contribution in [3.05, 3.63) is 78.2 Å². The van der Waals surface area contributed by atoms with Gasteiger partial charge < -0.3 is 15.2 Å². The number of nitrogens with zero attached hydrogens (tertiary/aromatic N) is 4. The van der Waals surface area contributed by atoms with Gasteiger partial charge in [0.2, 0.25) is 0 Å². The number of benzene rings is 2. The summed E-state index contributed by atoms with van der Waals surface area (Å²) in [6.07, 6.45) is 2.31. The molecule has 0 bridgehead atoms. The van der Waals surface area contributed by atoms with Gasteiger partial charge >= 0.3 is 0 Å². The average Bonchev–Trinajstić information content (AvgIpc) is 3.27. The molecule has 4 aromatic rings. The van der Waals surface area contributed by atoms with Crippen molar-refractivity contribution in [3.8, 4) is 11.6 Å². The minimum atomic E-state index is 0.100. The second kappa shape index (κ2) is 9.17. The van der Waals surface area contributed by atoms with Gasteiger partial charge in [-0.2, -0.15) is 4.98 Å². The second-order valence-corrected chi connectivity index (χ2v) is 6.91. The molecular weight excluding hydrogens is 376 g/mol. The van der Waals surface area contributed by atoms with Gasteiger partial charge in [0.15, 0.2) is 11.8 Å². The van der Waals surface area contributed by atoms with Gasteiger partial charge in [-0.3, -0.25) is 9.98 Å². The lowest BCUT2D eigenvalue weighted by Gasteiger charge is -2.19. The van der Waals surface area contributed by atoms with Crippen LogP contribution in [0, 0.1) is 0 Å². The monoisotopic (exact) mass is 400 g/mol. The molecule has 30 heavy (non-hydrogen) atoms. The van der Waals surface area contributed by atoms with E-state index in [1.807, 2.05) is 18.2 Å². The number of nitrogens with one attached hydrogen (secondary N) is 2. The summed E-state index contributed by atoms with van der Waals surface area (Å²) < 4.78 is 5.30. The molecule has 0 saturated heterocycles. The predicted octanol–water partition coefficient (Wildman–Crippen LogP) is 3.75. The molecule has 2 aromatic heterocycles. The maximum Gasteiger partial charge on any atom is 0.276 e.